The monoisotopic (exact) mass is 244 g/mol. The molecule has 17 heavy (non-hydrogen) atoms. The highest BCUT2D eigenvalue weighted by Crippen LogP contribution is 2.10. The summed E-state index contributed by atoms with van der Waals surface area (Å²) in [6.07, 6.45) is 2.06. The zero-order valence-corrected chi connectivity index (χ0v) is 10.1. The van der Waals surface area contributed by atoms with Gasteiger partial charge in [-0.25, -0.2) is 4.79 Å². The van der Waals surface area contributed by atoms with Crippen molar-refractivity contribution in [1.82, 2.24) is 10.6 Å². The number of aliphatic carboxylic acids is 1. The second-order valence-electron chi connectivity index (χ2n) is 4.22. The molecular weight excluding hydrogens is 224 g/mol. The van der Waals surface area contributed by atoms with Crippen LogP contribution in [0.3, 0.4) is 0 Å². The molecule has 0 aromatic heterocycles. The molecule has 2 unspecified atom stereocenters. The molecule has 0 saturated carbocycles. The van der Waals surface area contributed by atoms with E-state index in [0.717, 1.165) is 19.4 Å². The summed E-state index contributed by atoms with van der Waals surface area (Å²) in [6, 6.07) is -0.857. The molecule has 6 heteroatoms. The molecule has 1 saturated heterocycles. The van der Waals surface area contributed by atoms with Crippen molar-refractivity contribution in [2.24, 2.45) is 5.92 Å². The van der Waals surface area contributed by atoms with E-state index in [4.69, 9.17) is 9.84 Å². The number of ether oxygens (including phenoxy) is 1. The van der Waals surface area contributed by atoms with E-state index in [1.807, 2.05) is 0 Å². The summed E-state index contributed by atoms with van der Waals surface area (Å²) in [4.78, 5) is 22.8. The predicted octanol–water partition coefficient (Wildman–Crippen LogP) is -0.408. The van der Waals surface area contributed by atoms with Gasteiger partial charge in [0.05, 0.1) is 5.92 Å². The maximum absolute atomic E-state index is 11.8. The van der Waals surface area contributed by atoms with Crippen molar-refractivity contribution in [2.45, 2.75) is 25.3 Å². The predicted molar refractivity (Wildman–Crippen MR) is 61.7 cm³/mol. The van der Waals surface area contributed by atoms with Crippen LogP contribution in [0.4, 0.5) is 0 Å². The fraction of sp³-hybridized carbons (Fsp3) is 0.818. The van der Waals surface area contributed by atoms with Crippen molar-refractivity contribution in [1.29, 1.82) is 0 Å². The van der Waals surface area contributed by atoms with Gasteiger partial charge < -0.3 is 20.5 Å². The van der Waals surface area contributed by atoms with E-state index >= 15 is 0 Å². The number of piperidine rings is 1. The highest BCUT2D eigenvalue weighted by atomic mass is 16.5. The normalized spacial score (nSPS) is 21.8. The van der Waals surface area contributed by atoms with Crippen molar-refractivity contribution in [3.63, 3.8) is 0 Å². The third kappa shape index (κ3) is 4.70. The molecule has 0 spiro atoms. The maximum atomic E-state index is 11.8. The van der Waals surface area contributed by atoms with Gasteiger partial charge >= 0.3 is 5.97 Å². The number of hydrogen-bond acceptors (Lipinski definition) is 4. The highest BCUT2D eigenvalue weighted by molar-refractivity contribution is 5.85. The van der Waals surface area contributed by atoms with Gasteiger partial charge in [0.1, 0.15) is 6.04 Å². The summed E-state index contributed by atoms with van der Waals surface area (Å²) in [6.45, 7) is 1.87. The quantitative estimate of drug-likeness (QED) is 0.591. The van der Waals surface area contributed by atoms with Crippen LogP contribution in [-0.4, -0.2) is 49.8 Å². The zero-order chi connectivity index (χ0) is 12.7. The summed E-state index contributed by atoms with van der Waals surface area (Å²) in [5.41, 5.74) is 0. The number of carboxylic acids is 1. The van der Waals surface area contributed by atoms with Crippen molar-refractivity contribution >= 4 is 11.9 Å². The number of carbonyl (C=O) groups is 2. The average molecular weight is 244 g/mol. The van der Waals surface area contributed by atoms with E-state index in [2.05, 4.69) is 10.6 Å². The largest absolute Gasteiger partial charge is 0.480 e. The molecule has 1 heterocycles. The Morgan fingerprint density at radius 3 is 2.88 bits per heavy atom. The smallest absolute Gasteiger partial charge is 0.326 e. The minimum atomic E-state index is -1.01. The number of carbonyl (C=O) groups excluding carboxylic acids is 1. The van der Waals surface area contributed by atoms with Gasteiger partial charge in [-0.05, 0) is 19.4 Å². The first kappa shape index (κ1) is 13.9. The van der Waals surface area contributed by atoms with Crippen LogP contribution in [0.1, 0.15) is 19.3 Å². The average Bonchev–Trinajstić information content (AvgIpc) is 2.35. The summed E-state index contributed by atoms with van der Waals surface area (Å²) < 4.78 is 4.82. The minimum Gasteiger partial charge on any atom is -0.480 e. The van der Waals surface area contributed by atoms with Crippen LogP contribution in [0.15, 0.2) is 0 Å². The van der Waals surface area contributed by atoms with E-state index < -0.39 is 12.0 Å². The van der Waals surface area contributed by atoms with Crippen molar-refractivity contribution in [2.75, 3.05) is 26.8 Å². The van der Waals surface area contributed by atoms with Gasteiger partial charge in [0, 0.05) is 26.7 Å². The first-order valence-corrected chi connectivity index (χ1v) is 5.88. The van der Waals surface area contributed by atoms with E-state index in [1.165, 1.54) is 7.11 Å². The third-order valence-electron chi connectivity index (χ3n) is 2.89. The van der Waals surface area contributed by atoms with Crippen LogP contribution in [0.25, 0.3) is 0 Å². The van der Waals surface area contributed by atoms with Crippen LogP contribution < -0.4 is 10.6 Å². The van der Waals surface area contributed by atoms with Crippen LogP contribution in [0.2, 0.25) is 0 Å². The molecule has 0 bridgehead atoms. The summed E-state index contributed by atoms with van der Waals surface area (Å²) in [5, 5.41) is 14.7. The van der Waals surface area contributed by atoms with E-state index in [0.29, 0.717) is 13.2 Å². The SMILES string of the molecule is COCCC(NC(=O)C1CCCNC1)C(=O)O. The molecule has 3 N–H and O–H groups in total. The Kier molecular flexibility index (Phi) is 5.93. The lowest BCUT2D eigenvalue weighted by atomic mass is 9.98. The first-order valence-electron chi connectivity index (χ1n) is 5.88. The lowest BCUT2D eigenvalue weighted by Gasteiger charge is -2.23. The van der Waals surface area contributed by atoms with Crippen molar-refractivity contribution in [3.8, 4) is 0 Å². The second kappa shape index (κ2) is 7.24. The Morgan fingerprint density at radius 1 is 1.59 bits per heavy atom. The van der Waals surface area contributed by atoms with Gasteiger partial charge in [0.2, 0.25) is 5.91 Å². The van der Waals surface area contributed by atoms with Gasteiger partial charge in [-0.3, -0.25) is 4.79 Å². The standard InChI is InChI=1S/C11H20N2O4/c1-17-6-4-9(11(15)16)13-10(14)8-3-2-5-12-7-8/h8-9,12H,2-7H2,1H3,(H,13,14)(H,15,16). The fourth-order valence-corrected chi connectivity index (χ4v) is 1.86. The summed E-state index contributed by atoms with van der Waals surface area (Å²) in [5.74, 6) is -1.31. The number of carboxylic acid groups (broad SMARTS) is 1. The number of amides is 1. The van der Waals surface area contributed by atoms with Crippen LogP contribution in [0, 0.1) is 5.92 Å². The molecule has 98 valence electrons. The molecule has 1 amide bonds. The maximum Gasteiger partial charge on any atom is 0.326 e. The molecule has 2 atom stereocenters. The van der Waals surface area contributed by atoms with Gasteiger partial charge in [0.15, 0.2) is 0 Å². The molecule has 0 aromatic carbocycles. The molecule has 1 fully saturated rings. The number of methoxy groups -OCH3 is 1. The number of rotatable bonds is 6. The Bertz CT molecular complexity index is 264. The van der Waals surface area contributed by atoms with Gasteiger partial charge in [-0.2, -0.15) is 0 Å². The second-order valence-corrected chi connectivity index (χ2v) is 4.22. The number of nitrogens with one attached hydrogen (secondary N) is 2. The molecule has 1 rings (SSSR count). The van der Waals surface area contributed by atoms with E-state index in [-0.39, 0.29) is 18.2 Å². The first-order chi connectivity index (χ1) is 8.15. The Labute approximate surface area is 101 Å². The number of hydrogen-bond donors (Lipinski definition) is 3. The Balaban J connectivity index is 2.42. The van der Waals surface area contributed by atoms with E-state index in [9.17, 15) is 9.59 Å². The van der Waals surface area contributed by atoms with Crippen LogP contribution in [-0.2, 0) is 14.3 Å². The fourth-order valence-electron chi connectivity index (χ4n) is 1.86. The minimum absolute atomic E-state index is 0.117. The summed E-state index contributed by atoms with van der Waals surface area (Å²) >= 11 is 0. The molecule has 0 aliphatic carbocycles. The van der Waals surface area contributed by atoms with Crippen molar-refractivity contribution in [3.05, 3.63) is 0 Å². The van der Waals surface area contributed by atoms with Crippen molar-refractivity contribution < 1.29 is 19.4 Å². The lowest BCUT2D eigenvalue weighted by Crippen LogP contribution is -2.47. The molecule has 1 aliphatic rings. The molecule has 0 radical (unpaired) electrons. The molecule has 1 aliphatic heterocycles. The zero-order valence-electron chi connectivity index (χ0n) is 10.1. The topological polar surface area (TPSA) is 87.7 Å². The van der Waals surface area contributed by atoms with Gasteiger partial charge in [0.25, 0.3) is 0 Å². The third-order valence-corrected chi connectivity index (χ3v) is 2.89. The van der Waals surface area contributed by atoms with Crippen LogP contribution in [0.5, 0.6) is 0 Å². The van der Waals surface area contributed by atoms with Crippen LogP contribution >= 0.6 is 0 Å². The van der Waals surface area contributed by atoms with E-state index in [1.54, 1.807) is 0 Å². The van der Waals surface area contributed by atoms with Gasteiger partial charge in [-0.15, -0.1) is 0 Å². The lowest BCUT2D eigenvalue weighted by molar-refractivity contribution is -0.143. The highest BCUT2D eigenvalue weighted by Gasteiger charge is 2.25. The molecular formula is C11H20N2O4. The Morgan fingerprint density at radius 2 is 2.35 bits per heavy atom. The molecule has 0 aromatic rings. The summed E-state index contributed by atoms with van der Waals surface area (Å²) in [7, 11) is 1.51. The Hall–Kier alpha value is -1.14. The molecule has 6 nitrogen and oxygen atoms in total. The van der Waals surface area contributed by atoms with Gasteiger partial charge in [-0.1, -0.05) is 0 Å².